The van der Waals surface area contributed by atoms with E-state index in [-0.39, 0.29) is 0 Å². The van der Waals surface area contributed by atoms with Crippen molar-refractivity contribution in [1.82, 2.24) is 9.78 Å². The van der Waals surface area contributed by atoms with Gasteiger partial charge in [-0.3, -0.25) is 4.99 Å². The highest BCUT2D eigenvalue weighted by atomic mass is 16.5. The Labute approximate surface area is 209 Å². The van der Waals surface area contributed by atoms with Gasteiger partial charge in [0.1, 0.15) is 22.9 Å². The number of hydrogen-bond donors (Lipinski definition) is 0. The lowest BCUT2D eigenvalue weighted by Crippen LogP contribution is -2.08. The van der Waals surface area contributed by atoms with Crippen LogP contribution >= 0.6 is 0 Å². The van der Waals surface area contributed by atoms with Gasteiger partial charge in [-0.1, -0.05) is 48.5 Å². The van der Waals surface area contributed by atoms with Crippen LogP contribution in [0.25, 0.3) is 16.9 Å². The van der Waals surface area contributed by atoms with Gasteiger partial charge in [0.25, 0.3) is 0 Å². The van der Waals surface area contributed by atoms with Crippen LogP contribution in [-0.4, -0.2) is 29.1 Å². The summed E-state index contributed by atoms with van der Waals surface area (Å²) in [7, 11) is 1.58. The van der Waals surface area contributed by atoms with Crippen molar-refractivity contribution < 1.29 is 14.3 Å². The van der Waals surface area contributed by atoms with Gasteiger partial charge in [-0.05, 0) is 66.2 Å². The average molecular weight is 474 g/mol. The molecule has 0 radical (unpaired) electrons. The smallest absolute Gasteiger partial charge is 0.343 e. The molecule has 0 atom stereocenters. The number of para-hydroxylation sites is 1. The van der Waals surface area contributed by atoms with Crippen LogP contribution in [0, 0.1) is 0 Å². The Kier molecular flexibility index (Phi) is 6.67. The zero-order valence-corrected chi connectivity index (χ0v) is 19.6. The van der Waals surface area contributed by atoms with Gasteiger partial charge < -0.3 is 9.47 Å². The number of aromatic nitrogens is 2. The topological polar surface area (TPSA) is 65.7 Å². The van der Waals surface area contributed by atoms with Crippen LogP contribution in [0.2, 0.25) is 0 Å². The summed E-state index contributed by atoms with van der Waals surface area (Å²) in [4.78, 5) is 17.1. The summed E-state index contributed by atoms with van der Waals surface area (Å²) >= 11 is 0. The fourth-order valence-corrected chi connectivity index (χ4v) is 3.63. The number of carbonyl (C=O) groups is 1. The standard InChI is InChI=1S/C30H23N3O3/c1-35-26-18-14-24(15-19-26)30(34)36-27-16-12-22(13-17-27)20-31-28-21-33(25-10-6-3-7-11-25)32-29(28)23-8-4-2-5-9-23/h2-21H,1H3. The molecule has 4 aromatic carbocycles. The molecule has 0 spiro atoms. The molecule has 0 aliphatic carbocycles. The zero-order valence-electron chi connectivity index (χ0n) is 19.6. The van der Waals surface area contributed by atoms with Gasteiger partial charge in [0.15, 0.2) is 0 Å². The minimum atomic E-state index is -0.431. The molecule has 5 aromatic rings. The molecule has 176 valence electrons. The fraction of sp³-hybridized carbons (Fsp3) is 0.0333. The van der Waals surface area contributed by atoms with Crippen molar-refractivity contribution in [2.75, 3.05) is 7.11 Å². The molecule has 0 N–H and O–H groups in total. The minimum absolute atomic E-state index is 0.431. The summed E-state index contributed by atoms with van der Waals surface area (Å²) in [6.45, 7) is 0. The first-order chi connectivity index (χ1) is 17.7. The Morgan fingerprint density at radius 3 is 2.11 bits per heavy atom. The molecule has 0 saturated heterocycles. The van der Waals surface area contributed by atoms with E-state index in [9.17, 15) is 4.79 Å². The molecule has 36 heavy (non-hydrogen) atoms. The molecule has 5 rings (SSSR count). The van der Waals surface area contributed by atoms with Crippen LogP contribution < -0.4 is 9.47 Å². The van der Waals surface area contributed by atoms with Gasteiger partial charge in [-0.2, -0.15) is 5.10 Å². The molecule has 0 amide bonds. The van der Waals surface area contributed by atoms with E-state index in [1.807, 2.05) is 83.7 Å². The molecule has 6 nitrogen and oxygen atoms in total. The number of methoxy groups -OCH3 is 1. The normalized spacial score (nSPS) is 10.9. The van der Waals surface area contributed by atoms with E-state index in [2.05, 4.69) is 0 Å². The van der Waals surface area contributed by atoms with E-state index >= 15 is 0 Å². The highest BCUT2D eigenvalue weighted by Gasteiger charge is 2.12. The highest BCUT2D eigenvalue weighted by Crippen LogP contribution is 2.30. The molecule has 0 aliphatic heterocycles. The van der Waals surface area contributed by atoms with E-state index in [1.54, 1.807) is 49.7 Å². The van der Waals surface area contributed by atoms with Gasteiger partial charge in [-0.25, -0.2) is 9.48 Å². The summed E-state index contributed by atoms with van der Waals surface area (Å²) in [6, 6.07) is 33.9. The summed E-state index contributed by atoms with van der Waals surface area (Å²) in [5.74, 6) is 0.703. The third-order valence-electron chi connectivity index (χ3n) is 5.53. The molecular formula is C30H23N3O3. The second-order valence-corrected chi connectivity index (χ2v) is 7.95. The Balaban J connectivity index is 1.35. The number of benzene rings is 4. The monoisotopic (exact) mass is 473 g/mol. The van der Waals surface area contributed by atoms with Crippen molar-refractivity contribution >= 4 is 17.9 Å². The Hall–Kier alpha value is -4.97. The molecule has 1 aromatic heterocycles. The molecule has 0 unspecified atom stereocenters. The molecule has 0 fully saturated rings. The van der Waals surface area contributed by atoms with E-state index in [4.69, 9.17) is 19.6 Å². The highest BCUT2D eigenvalue weighted by molar-refractivity contribution is 5.91. The molecule has 6 heteroatoms. The number of esters is 1. The van der Waals surface area contributed by atoms with Crippen LogP contribution in [-0.2, 0) is 0 Å². The quantitative estimate of drug-likeness (QED) is 0.153. The molecule has 1 heterocycles. The fourth-order valence-electron chi connectivity index (χ4n) is 3.63. The van der Waals surface area contributed by atoms with E-state index in [0.717, 1.165) is 28.2 Å². The Morgan fingerprint density at radius 1 is 0.806 bits per heavy atom. The van der Waals surface area contributed by atoms with Gasteiger partial charge >= 0.3 is 5.97 Å². The summed E-state index contributed by atoms with van der Waals surface area (Å²) in [5, 5.41) is 4.79. The summed E-state index contributed by atoms with van der Waals surface area (Å²) in [6.07, 6.45) is 3.69. The van der Waals surface area contributed by atoms with Crippen LogP contribution in [0.4, 0.5) is 5.69 Å². The molecule has 0 aliphatic rings. The van der Waals surface area contributed by atoms with Crippen LogP contribution in [0.15, 0.2) is 120 Å². The predicted molar refractivity (Wildman–Crippen MR) is 141 cm³/mol. The third kappa shape index (κ3) is 5.23. The first-order valence-corrected chi connectivity index (χ1v) is 11.4. The van der Waals surface area contributed by atoms with E-state index in [0.29, 0.717) is 17.1 Å². The van der Waals surface area contributed by atoms with Gasteiger partial charge in [0.2, 0.25) is 0 Å². The Bertz CT molecular complexity index is 1470. The van der Waals surface area contributed by atoms with Crippen LogP contribution in [0.3, 0.4) is 0 Å². The van der Waals surface area contributed by atoms with Gasteiger partial charge in [0.05, 0.1) is 24.6 Å². The number of hydrogen-bond acceptors (Lipinski definition) is 5. The lowest BCUT2D eigenvalue weighted by atomic mass is 10.1. The van der Waals surface area contributed by atoms with Crippen LogP contribution in [0.5, 0.6) is 11.5 Å². The number of carbonyl (C=O) groups excluding carboxylic acids is 1. The van der Waals surface area contributed by atoms with Crippen molar-refractivity contribution in [2.45, 2.75) is 0 Å². The second kappa shape index (κ2) is 10.5. The zero-order chi connectivity index (χ0) is 24.7. The lowest BCUT2D eigenvalue weighted by Gasteiger charge is -2.05. The third-order valence-corrected chi connectivity index (χ3v) is 5.53. The number of nitrogens with zero attached hydrogens (tertiary/aromatic N) is 3. The summed E-state index contributed by atoms with van der Waals surface area (Å²) in [5.41, 5.74) is 4.80. The molecule has 0 saturated carbocycles. The predicted octanol–water partition coefficient (Wildman–Crippen LogP) is 6.52. The van der Waals surface area contributed by atoms with Crippen molar-refractivity contribution in [3.8, 4) is 28.4 Å². The summed E-state index contributed by atoms with van der Waals surface area (Å²) < 4.78 is 12.4. The molecule has 0 bridgehead atoms. The maximum atomic E-state index is 12.4. The average Bonchev–Trinajstić information content (AvgIpc) is 3.38. The SMILES string of the molecule is COc1ccc(C(=O)Oc2ccc(C=Nc3cn(-c4ccccc4)nc3-c3ccccc3)cc2)cc1. The maximum absolute atomic E-state index is 12.4. The van der Waals surface area contributed by atoms with Crippen molar-refractivity contribution in [1.29, 1.82) is 0 Å². The van der Waals surface area contributed by atoms with Gasteiger partial charge in [-0.15, -0.1) is 0 Å². The second-order valence-electron chi connectivity index (χ2n) is 7.95. The first-order valence-electron chi connectivity index (χ1n) is 11.4. The molecular weight excluding hydrogens is 450 g/mol. The largest absolute Gasteiger partial charge is 0.497 e. The lowest BCUT2D eigenvalue weighted by molar-refractivity contribution is 0.0734. The van der Waals surface area contributed by atoms with Crippen molar-refractivity contribution in [2.24, 2.45) is 4.99 Å². The van der Waals surface area contributed by atoms with E-state index in [1.165, 1.54) is 0 Å². The maximum Gasteiger partial charge on any atom is 0.343 e. The van der Waals surface area contributed by atoms with Gasteiger partial charge in [0, 0.05) is 11.8 Å². The number of aliphatic imine (C=N–C) groups is 1. The van der Waals surface area contributed by atoms with Crippen molar-refractivity contribution in [3.63, 3.8) is 0 Å². The number of rotatable bonds is 7. The van der Waals surface area contributed by atoms with Crippen LogP contribution in [0.1, 0.15) is 15.9 Å². The van der Waals surface area contributed by atoms with E-state index < -0.39 is 5.97 Å². The Morgan fingerprint density at radius 2 is 1.44 bits per heavy atom. The first kappa shape index (κ1) is 22.8. The number of ether oxygens (including phenoxy) is 2. The minimum Gasteiger partial charge on any atom is -0.497 e. The van der Waals surface area contributed by atoms with Crippen molar-refractivity contribution in [3.05, 3.63) is 127 Å².